The molecular weight excluding hydrogens is 318 g/mol. The van der Waals surface area contributed by atoms with Crippen molar-refractivity contribution in [3.63, 3.8) is 0 Å². The Morgan fingerprint density at radius 2 is 1.90 bits per heavy atom. The molecule has 0 aliphatic carbocycles. The zero-order valence-corrected chi connectivity index (χ0v) is 12.9. The minimum absolute atomic E-state index is 0.147. The zero-order chi connectivity index (χ0) is 14.6. The molecule has 0 bridgehead atoms. The van der Waals surface area contributed by atoms with Gasteiger partial charge in [-0.25, -0.2) is 13.1 Å². The molecule has 1 aromatic heterocycles. The van der Waals surface area contributed by atoms with Crippen LogP contribution >= 0.6 is 22.9 Å². The van der Waals surface area contributed by atoms with Crippen molar-refractivity contribution in [1.29, 1.82) is 0 Å². The lowest BCUT2D eigenvalue weighted by atomic mass is 10.1. The van der Waals surface area contributed by atoms with Gasteiger partial charge in [0.1, 0.15) is 4.21 Å². The van der Waals surface area contributed by atoms with Crippen LogP contribution in [0.4, 0.5) is 0 Å². The maximum absolute atomic E-state index is 12.1. The molecule has 0 saturated carbocycles. The fraction of sp³-hybridized carbons (Fsp3) is 0.231. The van der Waals surface area contributed by atoms with Crippen molar-refractivity contribution in [2.45, 2.75) is 16.7 Å². The molecule has 0 saturated heterocycles. The quantitative estimate of drug-likeness (QED) is 0.853. The molecule has 7 heteroatoms. The molecular formula is C13H14ClNO3S2. The molecule has 0 amide bonds. The maximum Gasteiger partial charge on any atom is 0.250 e. The first-order valence-electron chi connectivity index (χ1n) is 5.94. The Kier molecular flexibility index (Phi) is 5.17. The molecule has 4 nitrogen and oxygen atoms in total. The molecule has 0 spiro atoms. The van der Waals surface area contributed by atoms with Crippen molar-refractivity contribution in [3.05, 3.63) is 52.4 Å². The van der Waals surface area contributed by atoms with Gasteiger partial charge in [-0.05, 0) is 24.1 Å². The second-order valence-corrected chi connectivity index (χ2v) is 7.90. The van der Waals surface area contributed by atoms with Gasteiger partial charge in [0.15, 0.2) is 0 Å². The third-order valence-electron chi connectivity index (χ3n) is 2.68. The molecule has 0 aliphatic heterocycles. The van der Waals surface area contributed by atoms with E-state index in [1.54, 1.807) is 0 Å². The van der Waals surface area contributed by atoms with E-state index in [0.29, 0.717) is 10.8 Å². The Bertz CT molecular complexity index is 655. The van der Waals surface area contributed by atoms with Gasteiger partial charge in [-0.2, -0.15) is 0 Å². The summed E-state index contributed by atoms with van der Waals surface area (Å²) >= 11 is 6.73. The first-order valence-corrected chi connectivity index (χ1v) is 8.61. The molecule has 20 heavy (non-hydrogen) atoms. The van der Waals surface area contributed by atoms with Crippen molar-refractivity contribution in [1.82, 2.24) is 4.72 Å². The highest BCUT2D eigenvalue weighted by atomic mass is 35.5. The van der Waals surface area contributed by atoms with Gasteiger partial charge in [0.05, 0.1) is 10.9 Å². The van der Waals surface area contributed by atoms with Crippen LogP contribution in [0, 0.1) is 0 Å². The normalized spacial score (nSPS) is 13.3. The summed E-state index contributed by atoms with van der Waals surface area (Å²) in [6.07, 6.45) is 0.426. The summed E-state index contributed by atoms with van der Waals surface area (Å²) in [5, 5.41) is 9.35. The van der Waals surface area contributed by atoms with Crippen LogP contribution < -0.4 is 4.72 Å². The maximum atomic E-state index is 12.1. The lowest BCUT2D eigenvalue weighted by Gasteiger charge is -2.15. The number of hydrogen-bond acceptors (Lipinski definition) is 4. The van der Waals surface area contributed by atoms with E-state index in [0.717, 1.165) is 16.9 Å². The third-order valence-corrected chi connectivity index (χ3v) is 5.92. The van der Waals surface area contributed by atoms with Crippen molar-refractivity contribution < 1.29 is 13.5 Å². The summed E-state index contributed by atoms with van der Waals surface area (Å²) in [5.41, 5.74) is 0.957. The Morgan fingerprint density at radius 3 is 2.45 bits per heavy atom. The monoisotopic (exact) mass is 331 g/mol. The van der Waals surface area contributed by atoms with Gasteiger partial charge in [0, 0.05) is 6.04 Å². The number of thiophene rings is 1. The molecule has 1 atom stereocenters. The molecule has 2 rings (SSSR count). The summed E-state index contributed by atoms with van der Waals surface area (Å²) in [6, 6.07) is 11.8. The molecule has 2 N–H and O–H groups in total. The standard InChI is InChI=1S/C13H14ClNO3S2/c14-12-6-7-13(19-12)20(17,18)15-11(9-16)8-10-4-2-1-3-5-10/h1-7,11,15-16H,8-9H2. The van der Waals surface area contributed by atoms with E-state index >= 15 is 0 Å². The van der Waals surface area contributed by atoms with Gasteiger partial charge < -0.3 is 5.11 Å². The number of aliphatic hydroxyl groups excluding tert-OH is 1. The number of nitrogens with one attached hydrogen (secondary N) is 1. The number of halogens is 1. The average Bonchev–Trinajstić information content (AvgIpc) is 2.86. The van der Waals surface area contributed by atoms with Gasteiger partial charge in [-0.3, -0.25) is 0 Å². The lowest BCUT2D eigenvalue weighted by molar-refractivity contribution is 0.256. The summed E-state index contributed by atoms with van der Waals surface area (Å²) in [4.78, 5) is 0. The van der Waals surface area contributed by atoms with Crippen molar-refractivity contribution in [2.75, 3.05) is 6.61 Å². The van der Waals surface area contributed by atoms with Gasteiger partial charge in [-0.1, -0.05) is 41.9 Å². The highest BCUT2D eigenvalue weighted by molar-refractivity contribution is 7.91. The molecule has 1 heterocycles. The fourth-order valence-corrected chi connectivity index (χ4v) is 4.49. The Hall–Kier alpha value is -0.920. The minimum Gasteiger partial charge on any atom is -0.395 e. The van der Waals surface area contributed by atoms with Crippen LogP contribution in [0.2, 0.25) is 4.34 Å². The van der Waals surface area contributed by atoms with Crippen LogP contribution in [0.3, 0.4) is 0 Å². The van der Waals surface area contributed by atoms with Gasteiger partial charge in [0.2, 0.25) is 10.0 Å². The van der Waals surface area contributed by atoms with Crippen LogP contribution in [-0.4, -0.2) is 26.2 Å². The average molecular weight is 332 g/mol. The minimum atomic E-state index is -3.65. The van der Waals surface area contributed by atoms with Crippen molar-refractivity contribution >= 4 is 33.0 Å². The van der Waals surface area contributed by atoms with Crippen molar-refractivity contribution in [2.24, 2.45) is 0 Å². The second-order valence-electron chi connectivity index (χ2n) is 4.25. The smallest absolute Gasteiger partial charge is 0.250 e. The predicted molar refractivity (Wildman–Crippen MR) is 80.7 cm³/mol. The number of hydrogen-bond donors (Lipinski definition) is 2. The highest BCUT2D eigenvalue weighted by Crippen LogP contribution is 2.25. The summed E-state index contributed by atoms with van der Waals surface area (Å²) in [7, 11) is -3.65. The van der Waals surface area contributed by atoms with Crippen LogP contribution in [0.15, 0.2) is 46.7 Å². The molecule has 0 radical (unpaired) electrons. The number of rotatable bonds is 6. The van der Waals surface area contributed by atoms with E-state index in [1.807, 2.05) is 30.3 Å². The first kappa shape index (κ1) is 15.5. The van der Waals surface area contributed by atoms with Crippen LogP contribution in [-0.2, 0) is 16.4 Å². The number of aliphatic hydroxyl groups is 1. The lowest BCUT2D eigenvalue weighted by Crippen LogP contribution is -2.38. The molecule has 2 aromatic rings. The van der Waals surface area contributed by atoms with E-state index in [9.17, 15) is 13.5 Å². The van der Waals surface area contributed by atoms with Gasteiger partial charge in [0.25, 0.3) is 0 Å². The molecule has 108 valence electrons. The summed E-state index contributed by atoms with van der Waals surface area (Å²) in [5.74, 6) is 0. The first-order chi connectivity index (χ1) is 9.51. The van der Waals surface area contributed by atoms with Gasteiger partial charge >= 0.3 is 0 Å². The van der Waals surface area contributed by atoms with E-state index in [4.69, 9.17) is 11.6 Å². The second kappa shape index (κ2) is 6.69. The van der Waals surface area contributed by atoms with Crippen LogP contribution in [0.25, 0.3) is 0 Å². The Labute approximate surface area is 127 Å². The van der Waals surface area contributed by atoms with E-state index in [1.165, 1.54) is 12.1 Å². The summed E-state index contributed by atoms with van der Waals surface area (Å²) < 4.78 is 27.3. The van der Waals surface area contributed by atoms with Crippen LogP contribution in [0.5, 0.6) is 0 Å². The SMILES string of the molecule is O=S(=O)(NC(CO)Cc1ccccc1)c1ccc(Cl)s1. The largest absolute Gasteiger partial charge is 0.395 e. The number of benzene rings is 1. The zero-order valence-electron chi connectivity index (χ0n) is 10.5. The van der Waals surface area contributed by atoms with Crippen molar-refractivity contribution in [3.8, 4) is 0 Å². The Balaban J connectivity index is 2.10. The highest BCUT2D eigenvalue weighted by Gasteiger charge is 2.21. The molecule has 1 aromatic carbocycles. The molecule has 0 aliphatic rings. The molecule has 0 fully saturated rings. The fourth-order valence-electron chi connectivity index (χ4n) is 1.76. The predicted octanol–water partition coefficient (Wildman–Crippen LogP) is 2.28. The molecule has 1 unspecified atom stereocenters. The van der Waals surface area contributed by atoms with Gasteiger partial charge in [-0.15, -0.1) is 11.3 Å². The topological polar surface area (TPSA) is 66.4 Å². The van der Waals surface area contributed by atoms with E-state index in [2.05, 4.69) is 4.72 Å². The number of sulfonamides is 1. The third kappa shape index (κ3) is 4.04. The van der Waals surface area contributed by atoms with E-state index < -0.39 is 16.1 Å². The van der Waals surface area contributed by atoms with E-state index in [-0.39, 0.29) is 10.8 Å². The summed E-state index contributed by atoms with van der Waals surface area (Å²) in [6.45, 7) is -0.271. The van der Waals surface area contributed by atoms with Crippen LogP contribution in [0.1, 0.15) is 5.56 Å². The Morgan fingerprint density at radius 1 is 1.20 bits per heavy atom.